The Balaban J connectivity index is 1.59. The maximum Gasteiger partial charge on any atom is 0.336 e. The van der Waals surface area contributed by atoms with Crippen LogP contribution in [0.15, 0.2) is 61.6 Å². The van der Waals surface area contributed by atoms with E-state index in [0.29, 0.717) is 27.4 Å². The van der Waals surface area contributed by atoms with Crippen molar-refractivity contribution in [2.45, 2.75) is 50.1 Å². The predicted molar refractivity (Wildman–Crippen MR) is 120 cm³/mol. The normalized spacial score (nSPS) is 13.4. The van der Waals surface area contributed by atoms with E-state index in [4.69, 9.17) is 9.40 Å². The highest BCUT2D eigenvalue weighted by molar-refractivity contribution is 7.98. The minimum atomic E-state index is -0.344. The van der Waals surface area contributed by atoms with Crippen LogP contribution in [0.25, 0.3) is 21.9 Å². The molecule has 1 aliphatic rings. The molecule has 1 aliphatic carbocycles. The number of aryl methyl sites for hydroxylation is 2. The number of hydrogen-bond acceptors (Lipinski definition) is 5. The van der Waals surface area contributed by atoms with E-state index in [-0.39, 0.29) is 17.2 Å². The summed E-state index contributed by atoms with van der Waals surface area (Å²) in [5, 5.41) is 2.26. The molecule has 0 amide bonds. The Morgan fingerprint density at radius 2 is 1.83 bits per heavy atom. The minimum Gasteiger partial charge on any atom is -0.423 e. The largest absolute Gasteiger partial charge is 0.423 e. The second kappa shape index (κ2) is 7.43. The van der Waals surface area contributed by atoms with E-state index in [1.54, 1.807) is 10.6 Å². The van der Waals surface area contributed by atoms with Crippen LogP contribution in [0, 0.1) is 0 Å². The zero-order valence-electron chi connectivity index (χ0n) is 17.0. The number of benzene rings is 2. The van der Waals surface area contributed by atoms with Crippen LogP contribution in [0.1, 0.15) is 43.0 Å². The number of para-hydroxylation sites is 1. The van der Waals surface area contributed by atoms with Crippen molar-refractivity contribution in [1.29, 1.82) is 0 Å². The zero-order valence-corrected chi connectivity index (χ0v) is 17.8. The van der Waals surface area contributed by atoms with Gasteiger partial charge in [-0.15, -0.1) is 0 Å². The number of nitrogens with zero attached hydrogens (tertiary/aromatic N) is 2. The van der Waals surface area contributed by atoms with Crippen LogP contribution in [0.4, 0.5) is 0 Å². The van der Waals surface area contributed by atoms with E-state index in [0.717, 1.165) is 30.2 Å². The lowest BCUT2D eigenvalue weighted by Gasteiger charge is -2.16. The van der Waals surface area contributed by atoms with Gasteiger partial charge in [-0.25, -0.2) is 9.78 Å². The summed E-state index contributed by atoms with van der Waals surface area (Å²) in [5.74, 6) is 0.540. The van der Waals surface area contributed by atoms with Gasteiger partial charge in [-0.1, -0.05) is 23.9 Å². The maximum atomic E-state index is 13.0. The summed E-state index contributed by atoms with van der Waals surface area (Å²) in [7, 11) is 0. The Morgan fingerprint density at radius 1 is 1.07 bits per heavy atom. The van der Waals surface area contributed by atoms with Gasteiger partial charge in [-0.05, 0) is 74.1 Å². The number of rotatable bonds is 4. The lowest BCUT2D eigenvalue weighted by Crippen LogP contribution is -2.25. The quantitative estimate of drug-likeness (QED) is 0.269. The smallest absolute Gasteiger partial charge is 0.336 e. The third-order valence-electron chi connectivity index (χ3n) is 5.69. The van der Waals surface area contributed by atoms with Crippen LogP contribution in [0.2, 0.25) is 0 Å². The summed E-state index contributed by atoms with van der Waals surface area (Å²) in [6.45, 7) is 3.97. The molecular weight excluding hydrogens is 396 g/mol. The Kier molecular flexibility index (Phi) is 4.74. The summed E-state index contributed by atoms with van der Waals surface area (Å²) in [5.41, 5.74) is 4.49. The third-order valence-corrected chi connectivity index (χ3v) is 6.69. The first-order valence-corrected chi connectivity index (χ1v) is 11.2. The molecule has 0 bridgehead atoms. The van der Waals surface area contributed by atoms with E-state index in [1.807, 2.05) is 44.2 Å². The fourth-order valence-corrected chi connectivity index (χ4v) is 5.36. The highest BCUT2D eigenvalue weighted by atomic mass is 32.2. The molecule has 2 aromatic heterocycles. The molecule has 0 saturated heterocycles. The van der Waals surface area contributed by atoms with Crippen LogP contribution in [0.3, 0.4) is 0 Å². The minimum absolute atomic E-state index is 0.0158. The molecule has 0 spiro atoms. The van der Waals surface area contributed by atoms with Gasteiger partial charge in [-0.2, -0.15) is 0 Å². The standard InChI is InChI=1S/C24H22N2O3S/c1-14(2)26-23(28)18-8-3-4-9-20(18)25-24(26)30-13-17-12-22(27)29-21-11-16-7-5-6-15(16)10-19(17)21/h3-4,8-12,14H,5-7,13H2,1-2H3. The molecule has 5 nitrogen and oxygen atoms in total. The van der Waals surface area contributed by atoms with Crippen LogP contribution in [0.5, 0.6) is 0 Å². The van der Waals surface area contributed by atoms with Gasteiger partial charge in [0.25, 0.3) is 5.56 Å². The van der Waals surface area contributed by atoms with E-state index < -0.39 is 0 Å². The van der Waals surface area contributed by atoms with E-state index in [1.165, 1.54) is 22.9 Å². The molecule has 0 N–H and O–H groups in total. The number of hydrogen-bond donors (Lipinski definition) is 0. The second-order valence-corrected chi connectivity index (χ2v) is 8.97. The molecule has 152 valence electrons. The van der Waals surface area contributed by atoms with Gasteiger partial charge in [0.05, 0.1) is 10.9 Å². The number of aromatic nitrogens is 2. The SMILES string of the molecule is CC(C)n1c(SCc2cc(=O)oc3cc4c(cc23)CCC4)nc2ccccc2c1=O. The lowest BCUT2D eigenvalue weighted by molar-refractivity contribution is 0.519. The Morgan fingerprint density at radius 3 is 2.63 bits per heavy atom. The van der Waals surface area contributed by atoms with Gasteiger partial charge in [0.1, 0.15) is 5.58 Å². The summed E-state index contributed by atoms with van der Waals surface area (Å²) < 4.78 is 7.22. The zero-order chi connectivity index (χ0) is 20.8. The van der Waals surface area contributed by atoms with Crippen molar-refractivity contribution in [2.24, 2.45) is 0 Å². The van der Waals surface area contributed by atoms with Gasteiger partial charge in [0.2, 0.25) is 0 Å². The van der Waals surface area contributed by atoms with Gasteiger partial charge >= 0.3 is 5.63 Å². The average Bonchev–Trinajstić information content (AvgIpc) is 3.17. The first-order valence-electron chi connectivity index (χ1n) is 10.2. The maximum absolute atomic E-state index is 13.0. The molecule has 30 heavy (non-hydrogen) atoms. The highest BCUT2D eigenvalue weighted by Crippen LogP contribution is 2.31. The van der Waals surface area contributed by atoms with Crippen LogP contribution in [-0.4, -0.2) is 9.55 Å². The fourth-order valence-electron chi connectivity index (χ4n) is 4.24. The van der Waals surface area contributed by atoms with Crippen molar-refractivity contribution in [1.82, 2.24) is 9.55 Å². The summed E-state index contributed by atoms with van der Waals surface area (Å²) in [6.07, 6.45) is 3.24. The molecule has 0 fully saturated rings. The molecule has 0 unspecified atom stereocenters. The summed E-state index contributed by atoms with van der Waals surface area (Å²) in [4.78, 5) is 30.0. The molecular formula is C24H22N2O3S. The van der Waals surface area contributed by atoms with Crippen molar-refractivity contribution in [2.75, 3.05) is 0 Å². The van der Waals surface area contributed by atoms with Crippen molar-refractivity contribution < 1.29 is 4.42 Å². The van der Waals surface area contributed by atoms with Crippen LogP contribution < -0.4 is 11.2 Å². The van der Waals surface area contributed by atoms with E-state index >= 15 is 0 Å². The second-order valence-electron chi connectivity index (χ2n) is 8.03. The first-order chi connectivity index (χ1) is 14.5. The van der Waals surface area contributed by atoms with Crippen molar-refractivity contribution in [3.63, 3.8) is 0 Å². The predicted octanol–water partition coefficient (Wildman–Crippen LogP) is 4.86. The molecule has 0 aliphatic heterocycles. The number of fused-ring (bicyclic) bond motifs is 3. The highest BCUT2D eigenvalue weighted by Gasteiger charge is 2.17. The Labute approximate surface area is 177 Å². The van der Waals surface area contributed by atoms with E-state index in [9.17, 15) is 9.59 Å². The molecule has 2 aromatic carbocycles. The van der Waals surface area contributed by atoms with Crippen molar-refractivity contribution >= 4 is 33.6 Å². The van der Waals surface area contributed by atoms with Crippen LogP contribution >= 0.6 is 11.8 Å². The van der Waals surface area contributed by atoms with Gasteiger partial charge < -0.3 is 4.42 Å². The van der Waals surface area contributed by atoms with E-state index in [2.05, 4.69) is 6.07 Å². The molecule has 6 heteroatoms. The van der Waals surface area contributed by atoms with Gasteiger partial charge in [-0.3, -0.25) is 9.36 Å². The fraction of sp³-hybridized carbons (Fsp3) is 0.292. The first kappa shape index (κ1) is 19.1. The van der Waals surface area contributed by atoms with Gasteiger partial charge in [0.15, 0.2) is 5.16 Å². The molecule has 0 radical (unpaired) electrons. The molecule has 4 aromatic rings. The number of thioether (sulfide) groups is 1. The van der Waals surface area contributed by atoms with Crippen molar-refractivity contribution in [3.05, 3.63) is 79.9 Å². The summed E-state index contributed by atoms with van der Waals surface area (Å²) in [6, 6.07) is 13.2. The molecule has 2 heterocycles. The lowest BCUT2D eigenvalue weighted by atomic mass is 10.0. The third kappa shape index (κ3) is 3.25. The van der Waals surface area contributed by atoms with Crippen molar-refractivity contribution in [3.8, 4) is 0 Å². The monoisotopic (exact) mass is 418 g/mol. The van der Waals surface area contributed by atoms with Gasteiger partial charge in [0, 0.05) is 23.2 Å². The topological polar surface area (TPSA) is 65.1 Å². The molecule has 5 rings (SSSR count). The van der Waals surface area contributed by atoms with Crippen LogP contribution in [-0.2, 0) is 18.6 Å². The average molecular weight is 419 g/mol. The summed E-state index contributed by atoms with van der Waals surface area (Å²) >= 11 is 1.49. The Hall–Kier alpha value is -2.86. The Bertz CT molecular complexity index is 1400. The molecule has 0 saturated carbocycles. The molecule has 0 atom stereocenters.